The van der Waals surface area contributed by atoms with E-state index < -0.39 is 0 Å². The van der Waals surface area contributed by atoms with Gasteiger partial charge in [0.1, 0.15) is 0 Å². The monoisotopic (exact) mass is 210 g/mol. The van der Waals surface area contributed by atoms with Crippen LogP contribution in [0.2, 0.25) is 0 Å². The highest BCUT2D eigenvalue weighted by molar-refractivity contribution is 4.83. The molecule has 2 nitrogen and oxygen atoms in total. The van der Waals surface area contributed by atoms with Gasteiger partial charge in [0, 0.05) is 25.7 Å². The van der Waals surface area contributed by atoms with E-state index in [1.807, 2.05) is 0 Å². The molecule has 88 valence electrons. The van der Waals surface area contributed by atoms with E-state index in [1.165, 1.54) is 45.4 Å². The van der Waals surface area contributed by atoms with Crippen molar-refractivity contribution in [2.24, 2.45) is 11.8 Å². The van der Waals surface area contributed by atoms with Gasteiger partial charge in [0.05, 0.1) is 0 Å². The number of hydrogen-bond acceptors (Lipinski definition) is 2. The molecule has 2 saturated heterocycles. The van der Waals surface area contributed by atoms with Crippen LogP contribution in [0.15, 0.2) is 0 Å². The van der Waals surface area contributed by atoms with Gasteiger partial charge in [0.15, 0.2) is 0 Å². The lowest BCUT2D eigenvalue weighted by molar-refractivity contribution is 0.111. The molecule has 3 unspecified atom stereocenters. The molecule has 15 heavy (non-hydrogen) atoms. The zero-order valence-electron chi connectivity index (χ0n) is 10.6. The lowest BCUT2D eigenvalue weighted by Gasteiger charge is -2.37. The van der Waals surface area contributed by atoms with Gasteiger partial charge in [-0.3, -0.25) is 0 Å². The highest BCUT2D eigenvalue weighted by Gasteiger charge is 2.27. The standard InChI is InChI=1S/C13H26N2/c1-11-7-12(2)9-15(8-11)10-13-5-4-6-14(13)3/h11-13H,4-10H2,1-3H3. The molecule has 2 heterocycles. The Morgan fingerprint density at radius 3 is 2.33 bits per heavy atom. The summed E-state index contributed by atoms with van der Waals surface area (Å²) in [5.41, 5.74) is 0. The fraction of sp³-hybridized carbons (Fsp3) is 1.00. The smallest absolute Gasteiger partial charge is 0.0220 e. The summed E-state index contributed by atoms with van der Waals surface area (Å²) in [6.45, 7) is 10.1. The normalized spacial score (nSPS) is 39.8. The fourth-order valence-electron chi connectivity index (χ4n) is 3.45. The Morgan fingerprint density at radius 2 is 1.80 bits per heavy atom. The molecule has 2 aliphatic heterocycles. The second kappa shape index (κ2) is 4.84. The van der Waals surface area contributed by atoms with E-state index in [-0.39, 0.29) is 0 Å². The number of hydrogen-bond donors (Lipinski definition) is 0. The van der Waals surface area contributed by atoms with Gasteiger partial charge < -0.3 is 9.80 Å². The van der Waals surface area contributed by atoms with Crippen LogP contribution < -0.4 is 0 Å². The van der Waals surface area contributed by atoms with E-state index in [0.717, 1.165) is 17.9 Å². The van der Waals surface area contributed by atoms with Gasteiger partial charge in [-0.2, -0.15) is 0 Å². The van der Waals surface area contributed by atoms with Crippen LogP contribution in [0.25, 0.3) is 0 Å². The quantitative estimate of drug-likeness (QED) is 0.688. The zero-order chi connectivity index (χ0) is 10.8. The summed E-state index contributed by atoms with van der Waals surface area (Å²) in [6, 6.07) is 0.836. The van der Waals surface area contributed by atoms with Gasteiger partial charge in [-0.05, 0) is 44.7 Å². The highest BCUT2D eigenvalue weighted by atomic mass is 15.2. The van der Waals surface area contributed by atoms with Crippen molar-refractivity contribution < 1.29 is 0 Å². The predicted octanol–water partition coefficient (Wildman–Crippen LogP) is 2.06. The molecular formula is C13H26N2. The van der Waals surface area contributed by atoms with E-state index in [1.54, 1.807) is 0 Å². The average Bonchev–Trinajstić information content (AvgIpc) is 2.50. The van der Waals surface area contributed by atoms with Crippen LogP contribution >= 0.6 is 0 Å². The summed E-state index contributed by atoms with van der Waals surface area (Å²) < 4.78 is 0. The number of piperidine rings is 1. The Bertz CT molecular complexity index is 195. The number of likely N-dealkylation sites (N-methyl/N-ethyl adjacent to an activating group) is 1. The maximum absolute atomic E-state index is 2.70. The zero-order valence-corrected chi connectivity index (χ0v) is 10.6. The Balaban J connectivity index is 1.83. The summed E-state index contributed by atoms with van der Waals surface area (Å²) in [5, 5.41) is 0. The van der Waals surface area contributed by atoms with Crippen LogP contribution in [-0.2, 0) is 0 Å². The Kier molecular flexibility index (Phi) is 3.68. The van der Waals surface area contributed by atoms with Crippen LogP contribution in [-0.4, -0.2) is 49.1 Å². The third-order valence-electron chi connectivity index (χ3n) is 4.08. The molecule has 0 saturated carbocycles. The largest absolute Gasteiger partial charge is 0.302 e. The van der Waals surface area contributed by atoms with E-state index in [4.69, 9.17) is 0 Å². The van der Waals surface area contributed by atoms with Crippen LogP contribution in [0.5, 0.6) is 0 Å². The highest BCUT2D eigenvalue weighted by Crippen LogP contribution is 2.23. The van der Waals surface area contributed by atoms with Gasteiger partial charge in [-0.15, -0.1) is 0 Å². The SMILES string of the molecule is CC1CC(C)CN(CC2CCCN2C)C1. The van der Waals surface area contributed by atoms with Crippen molar-refractivity contribution >= 4 is 0 Å². The molecule has 2 rings (SSSR count). The summed E-state index contributed by atoms with van der Waals surface area (Å²) in [7, 11) is 2.29. The molecule has 0 aromatic rings. The van der Waals surface area contributed by atoms with Gasteiger partial charge in [-0.1, -0.05) is 13.8 Å². The van der Waals surface area contributed by atoms with Crippen molar-refractivity contribution in [3.05, 3.63) is 0 Å². The first-order valence-corrected chi connectivity index (χ1v) is 6.57. The lowest BCUT2D eigenvalue weighted by atomic mass is 9.91. The van der Waals surface area contributed by atoms with E-state index in [9.17, 15) is 0 Å². The molecule has 3 atom stereocenters. The Labute approximate surface area is 94.6 Å². The lowest BCUT2D eigenvalue weighted by Crippen LogP contribution is -2.45. The van der Waals surface area contributed by atoms with Crippen molar-refractivity contribution in [2.75, 3.05) is 33.2 Å². The van der Waals surface area contributed by atoms with Crippen LogP contribution in [0.1, 0.15) is 33.1 Å². The summed E-state index contributed by atoms with van der Waals surface area (Å²) >= 11 is 0. The average molecular weight is 210 g/mol. The minimum Gasteiger partial charge on any atom is -0.302 e. The molecule has 0 radical (unpaired) electrons. The van der Waals surface area contributed by atoms with Crippen LogP contribution in [0.3, 0.4) is 0 Å². The number of likely N-dealkylation sites (tertiary alicyclic amines) is 2. The van der Waals surface area contributed by atoms with E-state index in [0.29, 0.717) is 0 Å². The first kappa shape index (κ1) is 11.4. The molecule has 0 aromatic heterocycles. The molecule has 0 aliphatic carbocycles. The Morgan fingerprint density at radius 1 is 1.13 bits per heavy atom. The number of rotatable bonds is 2. The number of nitrogens with zero attached hydrogens (tertiary/aromatic N) is 2. The second-order valence-corrected chi connectivity index (χ2v) is 5.94. The van der Waals surface area contributed by atoms with E-state index in [2.05, 4.69) is 30.7 Å². The van der Waals surface area contributed by atoms with Crippen molar-refractivity contribution in [2.45, 2.75) is 39.2 Å². The van der Waals surface area contributed by atoms with Crippen molar-refractivity contribution in [3.63, 3.8) is 0 Å². The van der Waals surface area contributed by atoms with Gasteiger partial charge in [-0.25, -0.2) is 0 Å². The molecule has 0 amide bonds. The van der Waals surface area contributed by atoms with Gasteiger partial charge in [0.25, 0.3) is 0 Å². The molecule has 0 bridgehead atoms. The summed E-state index contributed by atoms with van der Waals surface area (Å²) in [5.74, 6) is 1.81. The van der Waals surface area contributed by atoms with Gasteiger partial charge >= 0.3 is 0 Å². The fourth-order valence-corrected chi connectivity index (χ4v) is 3.45. The van der Waals surface area contributed by atoms with Crippen molar-refractivity contribution in [3.8, 4) is 0 Å². The van der Waals surface area contributed by atoms with Crippen LogP contribution in [0.4, 0.5) is 0 Å². The third kappa shape index (κ3) is 2.94. The molecule has 2 fully saturated rings. The first-order valence-electron chi connectivity index (χ1n) is 6.57. The molecule has 0 aromatic carbocycles. The molecule has 2 aliphatic rings. The topological polar surface area (TPSA) is 6.48 Å². The summed E-state index contributed by atoms with van der Waals surface area (Å²) in [6.07, 6.45) is 4.24. The van der Waals surface area contributed by atoms with Crippen molar-refractivity contribution in [1.29, 1.82) is 0 Å². The van der Waals surface area contributed by atoms with Gasteiger partial charge in [0.2, 0.25) is 0 Å². The molecule has 2 heteroatoms. The second-order valence-electron chi connectivity index (χ2n) is 5.94. The third-order valence-corrected chi connectivity index (χ3v) is 4.08. The molecule has 0 N–H and O–H groups in total. The predicted molar refractivity (Wildman–Crippen MR) is 65.0 cm³/mol. The van der Waals surface area contributed by atoms with E-state index >= 15 is 0 Å². The van der Waals surface area contributed by atoms with Crippen LogP contribution in [0, 0.1) is 11.8 Å². The summed E-state index contributed by atoms with van der Waals surface area (Å²) in [4.78, 5) is 5.25. The minimum atomic E-state index is 0.836. The van der Waals surface area contributed by atoms with Crippen molar-refractivity contribution in [1.82, 2.24) is 9.80 Å². The molecule has 0 spiro atoms. The molecular weight excluding hydrogens is 184 g/mol. The first-order chi connectivity index (χ1) is 7.15. The maximum atomic E-state index is 2.70. The minimum absolute atomic E-state index is 0.836. The maximum Gasteiger partial charge on any atom is 0.0220 e. The Hall–Kier alpha value is -0.0800.